The molecular formula is C17H22N2O. The Hall–Kier alpha value is -2.00. The number of benzene rings is 2. The van der Waals surface area contributed by atoms with Crippen molar-refractivity contribution < 1.29 is 5.11 Å². The third-order valence-electron chi connectivity index (χ3n) is 3.44. The monoisotopic (exact) mass is 270 g/mol. The van der Waals surface area contributed by atoms with Gasteiger partial charge >= 0.3 is 0 Å². The van der Waals surface area contributed by atoms with E-state index in [1.54, 1.807) is 0 Å². The summed E-state index contributed by atoms with van der Waals surface area (Å²) in [6, 6.07) is 18.1. The average Bonchev–Trinajstić information content (AvgIpc) is 2.48. The molecule has 2 aromatic rings. The summed E-state index contributed by atoms with van der Waals surface area (Å²) in [5, 5.41) is 10.2. The SMILES string of the molecule is CN(C)c1ccc(N(C)CC(O)c2ccccc2)cc1. The lowest BCUT2D eigenvalue weighted by Crippen LogP contribution is -2.24. The number of hydrogen-bond acceptors (Lipinski definition) is 3. The van der Waals surface area contributed by atoms with Crippen molar-refractivity contribution in [3.8, 4) is 0 Å². The van der Waals surface area contributed by atoms with E-state index in [-0.39, 0.29) is 0 Å². The van der Waals surface area contributed by atoms with E-state index < -0.39 is 6.10 Å². The average molecular weight is 270 g/mol. The summed E-state index contributed by atoms with van der Waals surface area (Å²) in [6.07, 6.45) is -0.477. The molecule has 0 fully saturated rings. The Labute approximate surface area is 121 Å². The van der Waals surface area contributed by atoms with Gasteiger partial charge in [0.15, 0.2) is 0 Å². The van der Waals surface area contributed by atoms with Gasteiger partial charge in [-0.1, -0.05) is 30.3 Å². The Kier molecular flexibility index (Phi) is 4.64. The highest BCUT2D eigenvalue weighted by Gasteiger charge is 2.10. The first-order valence-electron chi connectivity index (χ1n) is 6.79. The molecular weight excluding hydrogens is 248 g/mol. The van der Waals surface area contributed by atoms with Gasteiger partial charge in [0, 0.05) is 39.1 Å². The van der Waals surface area contributed by atoms with Gasteiger partial charge in [-0.25, -0.2) is 0 Å². The fourth-order valence-corrected chi connectivity index (χ4v) is 2.15. The van der Waals surface area contributed by atoms with Gasteiger partial charge < -0.3 is 14.9 Å². The molecule has 3 heteroatoms. The first-order valence-corrected chi connectivity index (χ1v) is 6.79. The first-order chi connectivity index (χ1) is 9.58. The molecule has 0 saturated heterocycles. The van der Waals surface area contributed by atoms with Gasteiger partial charge in [-0.2, -0.15) is 0 Å². The van der Waals surface area contributed by atoms with Crippen LogP contribution >= 0.6 is 0 Å². The van der Waals surface area contributed by atoms with Crippen LogP contribution in [-0.2, 0) is 0 Å². The van der Waals surface area contributed by atoms with Crippen molar-refractivity contribution in [2.24, 2.45) is 0 Å². The van der Waals surface area contributed by atoms with Crippen LogP contribution in [0.25, 0.3) is 0 Å². The standard InChI is InChI=1S/C17H22N2O/c1-18(2)15-9-11-16(12-10-15)19(3)13-17(20)14-7-5-4-6-8-14/h4-12,17,20H,13H2,1-3H3. The molecule has 20 heavy (non-hydrogen) atoms. The quantitative estimate of drug-likeness (QED) is 0.905. The molecule has 2 rings (SSSR count). The molecule has 106 valence electrons. The van der Waals surface area contributed by atoms with E-state index in [2.05, 4.69) is 34.1 Å². The summed E-state index contributed by atoms with van der Waals surface area (Å²) in [6.45, 7) is 0.575. The summed E-state index contributed by atoms with van der Waals surface area (Å²) in [4.78, 5) is 4.14. The normalized spacial score (nSPS) is 12.0. The number of aliphatic hydroxyl groups excluding tert-OH is 1. The molecule has 0 radical (unpaired) electrons. The van der Waals surface area contributed by atoms with Crippen LogP contribution in [0.1, 0.15) is 11.7 Å². The van der Waals surface area contributed by atoms with Crippen molar-refractivity contribution in [1.29, 1.82) is 0 Å². The van der Waals surface area contributed by atoms with Crippen LogP contribution in [0.2, 0.25) is 0 Å². The number of aliphatic hydroxyl groups is 1. The zero-order valence-corrected chi connectivity index (χ0v) is 12.3. The molecule has 0 aliphatic heterocycles. The fourth-order valence-electron chi connectivity index (χ4n) is 2.15. The van der Waals surface area contributed by atoms with E-state index in [1.807, 2.05) is 51.5 Å². The van der Waals surface area contributed by atoms with Crippen molar-refractivity contribution >= 4 is 11.4 Å². The third-order valence-corrected chi connectivity index (χ3v) is 3.44. The second-order valence-electron chi connectivity index (χ2n) is 5.22. The molecule has 3 nitrogen and oxygen atoms in total. The van der Waals surface area contributed by atoms with E-state index >= 15 is 0 Å². The minimum Gasteiger partial charge on any atom is -0.387 e. The van der Waals surface area contributed by atoms with Crippen molar-refractivity contribution in [2.75, 3.05) is 37.5 Å². The van der Waals surface area contributed by atoms with Crippen LogP contribution in [-0.4, -0.2) is 32.8 Å². The summed E-state index contributed by atoms with van der Waals surface area (Å²) < 4.78 is 0. The molecule has 0 aromatic heterocycles. The van der Waals surface area contributed by atoms with Crippen LogP contribution in [0, 0.1) is 0 Å². The summed E-state index contributed by atoms with van der Waals surface area (Å²) in [5.74, 6) is 0. The maximum absolute atomic E-state index is 10.2. The molecule has 0 bridgehead atoms. The van der Waals surface area contributed by atoms with E-state index in [0.717, 1.165) is 11.3 Å². The summed E-state index contributed by atoms with van der Waals surface area (Å²) in [7, 11) is 6.05. The maximum atomic E-state index is 10.2. The molecule has 1 unspecified atom stereocenters. The van der Waals surface area contributed by atoms with Gasteiger partial charge in [0.05, 0.1) is 6.10 Å². The van der Waals surface area contributed by atoms with Gasteiger partial charge in [-0.15, -0.1) is 0 Å². The molecule has 0 amide bonds. The zero-order chi connectivity index (χ0) is 14.5. The molecule has 0 saturated carbocycles. The summed E-state index contributed by atoms with van der Waals surface area (Å²) >= 11 is 0. The Morgan fingerprint density at radius 1 is 0.850 bits per heavy atom. The second-order valence-corrected chi connectivity index (χ2v) is 5.22. The van der Waals surface area contributed by atoms with Crippen LogP contribution < -0.4 is 9.80 Å². The Morgan fingerprint density at radius 2 is 1.40 bits per heavy atom. The lowest BCUT2D eigenvalue weighted by molar-refractivity contribution is 0.185. The van der Waals surface area contributed by atoms with E-state index in [0.29, 0.717) is 6.54 Å². The minimum atomic E-state index is -0.477. The molecule has 1 atom stereocenters. The van der Waals surface area contributed by atoms with Crippen molar-refractivity contribution in [1.82, 2.24) is 0 Å². The van der Waals surface area contributed by atoms with Crippen molar-refractivity contribution in [3.05, 3.63) is 60.2 Å². The first kappa shape index (κ1) is 14.4. The van der Waals surface area contributed by atoms with Crippen molar-refractivity contribution in [3.63, 3.8) is 0 Å². The molecule has 0 spiro atoms. The molecule has 0 aliphatic carbocycles. The lowest BCUT2D eigenvalue weighted by atomic mass is 10.1. The number of likely N-dealkylation sites (N-methyl/N-ethyl adjacent to an activating group) is 1. The van der Waals surface area contributed by atoms with Gasteiger partial charge in [0.2, 0.25) is 0 Å². The second kappa shape index (κ2) is 6.44. The van der Waals surface area contributed by atoms with Gasteiger partial charge in [-0.05, 0) is 29.8 Å². The fraction of sp³-hybridized carbons (Fsp3) is 0.294. The van der Waals surface area contributed by atoms with Crippen LogP contribution in [0.15, 0.2) is 54.6 Å². The topological polar surface area (TPSA) is 26.7 Å². The minimum absolute atomic E-state index is 0.477. The molecule has 2 aromatic carbocycles. The lowest BCUT2D eigenvalue weighted by Gasteiger charge is -2.23. The Morgan fingerprint density at radius 3 is 1.95 bits per heavy atom. The number of hydrogen-bond donors (Lipinski definition) is 1. The predicted octanol–water partition coefficient (Wildman–Crippen LogP) is 2.92. The molecule has 0 heterocycles. The molecule has 0 aliphatic rings. The molecule has 1 N–H and O–H groups in total. The van der Waals surface area contributed by atoms with E-state index in [1.165, 1.54) is 5.69 Å². The van der Waals surface area contributed by atoms with Crippen LogP contribution in [0.5, 0.6) is 0 Å². The zero-order valence-electron chi connectivity index (χ0n) is 12.3. The van der Waals surface area contributed by atoms with E-state index in [4.69, 9.17) is 0 Å². The highest BCUT2D eigenvalue weighted by molar-refractivity contribution is 5.55. The smallest absolute Gasteiger partial charge is 0.0964 e. The highest BCUT2D eigenvalue weighted by Crippen LogP contribution is 2.21. The maximum Gasteiger partial charge on any atom is 0.0964 e. The predicted molar refractivity (Wildman–Crippen MR) is 85.4 cm³/mol. The van der Waals surface area contributed by atoms with E-state index in [9.17, 15) is 5.11 Å². The van der Waals surface area contributed by atoms with Gasteiger partial charge in [0.25, 0.3) is 0 Å². The highest BCUT2D eigenvalue weighted by atomic mass is 16.3. The third kappa shape index (κ3) is 3.52. The van der Waals surface area contributed by atoms with Gasteiger partial charge in [0.1, 0.15) is 0 Å². The van der Waals surface area contributed by atoms with Crippen LogP contribution in [0.4, 0.5) is 11.4 Å². The number of nitrogens with zero attached hydrogens (tertiary/aromatic N) is 2. The Bertz CT molecular complexity index is 522. The van der Waals surface area contributed by atoms with Crippen molar-refractivity contribution in [2.45, 2.75) is 6.10 Å². The number of anilines is 2. The number of rotatable bonds is 5. The van der Waals surface area contributed by atoms with Crippen LogP contribution in [0.3, 0.4) is 0 Å². The largest absolute Gasteiger partial charge is 0.387 e. The summed E-state index contributed by atoms with van der Waals surface area (Å²) in [5.41, 5.74) is 3.22. The van der Waals surface area contributed by atoms with Gasteiger partial charge in [-0.3, -0.25) is 0 Å². The Balaban J connectivity index is 2.02.